The lowest BCUT2D eigenvalue weighted by Gasteiger charge is -2.50. The summed E-state index contributed by atoms with van der Waals surface area (Å²) in [5.41, 5.74) is 1.77. The lowest BCUT2D eigenvalue weighted by atomic mass is 9.77. The molecule has 6 heteroatoms. The molecule has 2 atom stereocenters. The molecule has 126 valence electrons. The maximum atomic E-state index is 12.0. The number of aryl methyl sites for hydroxylation is 1. The van der Waals surface area contributed by atoms with Gasteiger partial charge in [0.15, 0.2) is 0 Å². The molecule has 24 heavy (non-hydrogen) atoms. The summed E-state index contributed by atoms with van der Waals surface area (Å²) >= 11 is 0. The molecule has 4 rings (SSSR count). The number of rotatable bonds is 3. The van der Waals surface area contributed by atoms with Gasteiger partial charge in [0.05, 0.1) is 17.3 Å². The second kappa shape index (κ2) is 6.03. The Balaban J connectivity index is 1.56. The summed E-state index contributed by atoms with van der Waals surface area (Å²) in [5.74, 6) is -0.0340. The molecule has 2 saturated heterocycles. The number of carbonyl (C=O) groups excluding carboxylic acids is 1. The minimum Gasteiger partial charge on any atom is -0.364 e. The molecular weight excluding hydrogens is 304 g/mol. The van der Waals surface area contributed by atoms with Crippen molar-refractivity contribution in [1.82, 2.24) is 20.0 Å². The number of piperidine rings is 1. The van der Waals surface area contributed by atoms with E-state index in [0.29, 0.717) is 0 Å². The highest BCUT2D eigenvalue weighted by atomic mass is 16.5. The van der Waals surface area contributed by atoms with Gasteiger partial charge in [0, 0.05) is 32.9 Å². The predicted molar refractivity (Wildman–Crippen MR) is 89.1 cm³/mol. The van der Waals surface area contributed by atoms with Crippen molar-refractivity contribution >= 4 is 5.91 Å². The van der Waals surface area contributed by atoms with Gasteiger partial charge < -0.3 is 10.1 Å². The van der Waals surface area contributed by atoms with Gasteiger partial charge >= 0.3 is 0 Å². The number of fused-ring (bicyclic) bond motifs is 1. The quantitative estimate of drug-likeness (QED) is 0.915. The molecule has 3 heterocycles. The monoisotopic (exact) mass is 326 g/mol. The van der Waals surface area contributed by atoms with Gasteiger partial charge in [-0.25, -0.2) is 0 Å². The number of hydrogen-bond acceptors (Lipinski definition) is 4. The third-order valence-electron chi connectivity index (χ3n) is 5.02. The van der Waals surface area contributed by atoms with Gasteiger partial charge in [-0.1, -0.05) is 30.3 Å². The van der Waals surface area contributed by atoms with E-state index in [1.165, 1.54) is 0 Å². The predicted octanol–water partition coefficient (Wildman–Crippen LogP) is 1.04. The second-order valence-electron chi connectivity index (χ2n) is 6.65. The maximum Gasteiger partial charge on any atom is 0.246 e. The van der Waals surface area contributed by atoms with Crippen LogP contribution in [0.2, 0.25) is 0 Å². The molecule has 0 unspecified atom stereocenters. The topological polar surface area (TPSA) is 59.4 Å². The largest absolute Gasteiger partial charge is 0.364 e. The van der Waals surface area contributed by atoms with Crippen molar-refractivity contribution in [3.05, 3.63) is 53.9 Å². The van der Waals surface area contributed by atoms with Gasteiger partial charge in [0.2, 0.25) is 5.91 Å². The number of amides is 1. The third-order valence-corrected chi connectivity index (χ3v) is 5.02. The van der Waals surface area contributed by atoms with Crippen LogP contribution < -0.4 is 5.32 Å². The Morgan fingerprint density at radius 2 is 2.17 bits per heavy atom. The van der Waals surface area contributed by atoms with E-state index in [1.807, 2.05) is 42.2 Å². The Kier molecular flexibility index (Phi) is 3.86. The molecule has 2 aromatic rings. The molecule has 6 nitrogen and oxygen atoms in total. The fraction of sp³-hybridized carbons (Fsp3) is 0.444. The van der Waals surface area contributed by atoms with Crippen LogP contribution >= 0.6 is 0 Å². The fourth-order valence-corrected chi connectivity index (χ4v) is 3.83. The molecule has 0 bridgehead atoms. The van der Waals surface area contributed by atoms with E-state index in [1.54, 1.807) is 0 Å². The van der Waals surface area contributed by atoms with Crippen molar-refractivity contribution in [1.29, 1.82) is 0 Å². The number of morpholine rings is 1. The highest BCUT2D eigenvalue weighted by Crippen LogP contribution is 2.37. The van der Waals surface area contributed by atoms with Crippen LogP contribution in [0.5, 0.6) is 0 Å². The van der Waals surface area contributed by atoms with E-state index in [9.17, 15) is 4.79 Å². The van der Waals surface area contributed by atoms with E-state index in [2.05, 4.69) is 27.4 Å². The van der Waals surface area contributed by atoms with Crippen molar-refractivity contribution < 1.29 is 9.53 Å². The standard InChI is InChI=1S/C18H22N4O2/c1-21-9-7-15(20-21)11-22-10-8-18(14-5-3-2-4-6-14)16(12-22)24-13-17(23)19-18/h2-7,9,16H,8,10-13H2,1H3,(H,19,23)/t16-,18+/m1/s1. The first kappa shape index (κ1) is 15.4. The molecule has 2 fully saturated rings. The normalized spacial score (nSPS) is 27.5. The van der Waals surface area contributed by atoms with Gasteiger partial charge in [-0.05, 0) is 18.1 Å². The number of carbonyl (C=O) groups is 1. The molecule has 0 aliphatic carbocycles. The number of nitrogens with one attached hydrogen (secondary N) is 1. The number of benzene rings is 1. The second-order valence-corrected chi connectivity index (χ2v) is 6.65. The van der Waals surface area contributed by atoms with E-state index < -0.39 is 5.54 Å². The van der Waals surface area contributed by atoms with E-state index >= 15 is 0 Å². The van der Waals surface area contributed by atoms with Gasteiger partial charge in [-0.3, -0.25) is 14.4 Å². The molecule has 2 aliphatic rings. The van der Waals surface area contributed by atoms with Crippen LogP contribution in [0.4, 0.5) is 0 Å². The van der Waals surface area contributed by atoms with Gasteiger partial charge in [0.25, 0.3) is 0 Å². The molecule has 0 spiro atoms. The SMILES string of the molecule is Cn1ccc(CN2CC[C@@]3(c4ccccc4)NC(=O)CO[C@@H]3C2)n1. The average molecular weight is 326 g/mol. The van der Waals surface area contributed by atoms with Crippen LogP contribution in [-0.4, -0.2) is 46.4 Å². The number of ether oxygens (including phenoxy) is 1. The van der Waals surface area contributed by atoms with Crippen molar-refractivity contribution in [2.75, 3.05) is 19.7 Å². The third kappa shape index (κ3) is 2.72. The van der Waals surface area contributed by atoms with Crippen molar-refractivity contribution in [2.45, 2.75) is 24.6 Å². The Morgan fingerprint density at radius 3 is 2.92 bits per heavy atom. The average Bonchev–Trinajstić information content (AvgIpc) is 3.01. The van der Waals surface area contributed by atoms with Crippen LogP contribution in [-0.2, 0) is 28.7 Å². The molecule has 1 aromatic carbocycles. The van der Waals surface area contributed by atoms with Crippen molar-refractivity contribution in [2.24, 2.45) is 7.05 Å². The fourth-order valence-electron chi connectivity index (χ4n) is 3.83. The number of nitrogens with zero attached hydrogens (tertiary/aromatic N) is 3. The maximum absolute atomic E-state index is 12.0. The summed E-state index contributed by atoms with van der Waals surface area (Å²) < 4.78 is 7.77. The smallest absolute Gasteiger partial charge is 0.246 e. The van der Waals surface area contributed by atoms with Crippen LogP contribution in [0.1, 0.15) is 17.7 Å². The zero-order valence-corrected chi connectivity index (χ0v) is 13.8. The van der Waals surface area contributed by atoms with Crippen LogP contribution in [0.3, 0.4) is 0 Å². The zero-order valence-electron chi connectivity index (χ0n) is 13.8. The Hall–Kier alpha value is -2.18. The lowest BCUT2D eigenvalue weighted by molar-refractivity contribution is -0.152. The van der Waals surface area contributed by atoms with Crippen LogP contribution in [0.15, 0.2) is 42.6 Å². The van der Waals surface area contributed by atoms with Crippen molar-refractivity contribution in [3.8, 4) is 0 Å². The summed E-state index contributed by atoms with van der Waals surface area (Å²) in [5, 5.41) is 7.69. The summed E-state index contributed by atoms with van der Waals surface area (Å²) in [6, 6.07) is 12.2. The van der Waals surface area contributed by atoms with E-state index in [-0.39, 0.29) is 18.6 Å². The summed E-state index contributed by atoms with van der Waals surface area (Å²) in [6.07, 6.45) is 2.75. The Bertz CT molecular complexity index is 730. The molecule has 0 radical (unpaired) electrons. The zero-order chi connectivity index (χ0) is 16.6. The number of aromatic nitrogens is 2. The first-order chi connectivity index (χ1) is 11.7. The van der Waals surface area contributed by atoms with Gasteiger partial charge in [0.1, 0.15) is 6.61 Å². The molecule has 2 aliphatic heterocycles. The number of hydrogen-bond donors (Lipinski definition) is 1. The van der Waals surface area contributed by atoms with Gasteiger partial charge in [-0.2, -0.15) is 5.10 Å². The van der Waals surface area contributed by atoms with Crippen molar-refractivity contribution in [3.63, 3.8) is 0 Å². The molecule has 0 saturated carbocycles. The lowest BCUT2D eigenvalue weighted by Crippen LogP contribution is -2.66. The highest BCUT2D eigenvalue weighted by molar-refractivity contribution is 5.79. The first-order valence-corrected chi connectivity index (χ1v) is 8.35. The van der Waals surface area contributed by atoms with Crippen LogP contribution in [0.25, 0.3) is 0 Å². The molecule has 1 amide bonds. The van der Waals surface area contributed by atoms with E-state index in [0.717, 1.165) is 37.3 Å². The molecular formula is C18H22N4O2. The minimum atomic E-state index is -0.419. The first-order valence-electron chi connectivity index (χ1n) is 8.35. The summed E-state index contributed by atoms with van der Waals surface area (Å²) in [7, 11) is 1.93. The molecule has 1 N–H and O–H groups in total. The Morgan fingerprint density at radius 1 is 1.33 bits per heavy atom. The summed E-state index contributed by atoms with van der Waals surface area (Å²) in [6.45, 7) is 2.62. The number of likely N-dealkylation sites (tertiary alicyclic amines) is 1. The Labute approximate surface area is 141 Å². The van der Waals surface area contributed by atoms with Crippen LogP contribution in [0, 0.1) is 0 Å². The highest BCUT2D eigenvalue weighted by Gasteiger charge is 2.48. The van der Waals surface area contributed by atoms with E-state index in [4.69, 9.17) is 4.74 Å². The minimum absolute atomic E-state index is 0.0340. The van der Waals surface area contributed by atoms with Gasteiger partial charge in [-0.15, -0.1) is 0 Å². The molecule has 1 aromatic heterocycles. The summed E-state index contributed by atoms with van der Waals surface area (Å²) in [4.78, 5) is 14.4.